The Morgan fingerprint density at radius 1 is 0.442 bits per heavy atom. The number of aromatic nitrogens is 5. The van der Waals surface area contributed by atoms with Gasteiger partial charge >= 0.3 is 0 Å². The number of fused-ring (bicyclic) bond motifs is 6. The van der Waals surface area contributed by atoms with E-state index in [4.69, 9.17) is 16.5 Å². The van der Waals surface area contributed by atoms with Gasteiger partial charge in [-0.05, 0) is 114 Å². The minimum Gasteiger partial charge on any atom is -0.310 e. The van der Waals surface area contributed by atoms with Crippen LogP contribution in [0, 0.1) is 48.1 Å². The minimum atomic E-state index is 0.581. The van der Waals surface area contributed by atoms with E-state index in [2.05, 4.69) is 144 Å². The molecule has 0 atom stereocenters. The molecule has 0 spiro atoms. The van der Waals surface area contributed by atoms with Gasteiger partial charge in [0, 0.05) is 43.9 Å². The Morgan fingerprint density at radius 3 is 1.37 bits per heavy atom. The second-order valence-corrected chi connectivity index (χ2v) is 14.1. The summed E-state index contributed by atoms with van der Waals surface area (Å²) < 4.78 is 4.72. The van der Waals surface area contributed by atoms with Crippen molar-refractivity contribution in [3.8, 4) is 33.9 Å². The highest BCUT2D eigenvalue weighted by atomic mass is 15.0. The van der Waals surface area contributed by atoms with Gasteiger partial charge in [-0.3, -0.25) is 0 Å². The Labute approximate surface area is 302 Å². The van der Waals surface area contributed by atoms with Crippen molar-refractivity contribution in [1.29, 1.82) is 0 Å². The van der Waals surface area contributed by atoms with E-state index in [-0.39, 0.29) is 0 Å². The summed E-state index contributed by atoms with van der Waals surface area (Å²) in [5.74, 6) is 1.99. The molecule has 0 saturated carbocycles. The van der Waals surface area contributed by atoms with E-state index in [1.165, 1.54) is 43.8 Å². The van der Waals surface area contributed by atoms with E-state index in [0.717, 1.165) is 50.1 Å². The SMILES string of the molecule is [C-]#[N+]c1ccc(-c2cc(-c3nc(C)nc(C)n3)ccc2-n2c3ccc(C)cc3c3cc(C)ccc32)c(-n2c3ccc(C)cc3c3cc(C)ccc32)c1. The molecule has 0 aliphatic carbocycles. The molecule has 0 saturated heterocycles. The third-order valence-electron chi connectivity index (χ3n) is 10.1. The van der Waals surface area contributed by atoms with Gasteiger partial charge in [0.2, 0.25) is 0 Å². The average molecular weight is 673 g/mol. The molecular formula is C46H36N6. The van der Waals surface area contributed by atoms with Gasteiger partial charge in [-0.2, -0.15) is 0 Å². The largest absolute Gasteiger partial charge is 0.310 e. The maximum absolute atomic E-state index is 8.07. The van der Waals surface area contributed by atoms with Gasteiger partial charge in [0.25, 0.3) is 0 Å². The molecule has 250 valence electrons. The van der Waals surface area contributed by atoms with E-state index in [0.29, 0.717) is 23.2 Å². The Kier molecular flexibility index (Phi) is 7.10. The molecule has 6 aromatic carbocycles. The van der Waals surface area contributed by atoms with Crippen molar-refractivity contribution in [2.45, 2.75) is 41.5 Å². The summed E-state index contributed by atoms with van der Waals surface area (Å²) in [6, 6.07) is 39.3. The monoisotopic (exact) mass is 672 g/mol. The number of hydrogen-bond acceptors (Lipinski definition) is 3. The smallest absolute Gasteiger partial charge is 0.189 e. The molecule has 0 unspecified atom stereocenters. The van der Waals surface area contributed by atoms with Crippen LogP contribution in [-0.2, 0) is 0 Å². The molecule has 6 heteroatoms. The quantitative estimate of drug-likeness (QED) is 0.175. The van der Waals surface area contributed by atoms with Crippen LogP contribution in [0.1, 0.15) is 33.9 Å². The predicted molar refractivity (Wildman–Crippen MR) is 214 cm³/mol. The van der Waals surface area contributed by atoms with Crippen molar-refractivity contribution in [3.63, 3.8) is 0 Å². The molecule has 9 rings (SSSR count). The number of hydrogen-bond donors (Lipinski definition) is 0. The van der Waals surface area contributed by atoms with Crippen molar-refractivity contribution < 1.29 is 0 Å². The summed E-state index contributed by atoms with van der Waals surface area (Å²) in [5, 5.41) is 4.82. The van der Waals surface area contributed by atoms with Crippen LogP contribution < -0.4 is 0 Å². The zero-order valence-corrected chi connectivity index (χ0v) is 30.1. The summed E-state index contributed by atoms with van der Waals surface area (Å²) in [7, 11) is 0. The van der Waals surface area contributed by atoms with Crippen molar-refractivity contribution in [2.24, 2.45) is 0 Å². The van der Waals surface area contributed by atoms with Crippen LogP contribution in [-0.4, -0.2) is 24.1 Å². The predicted octanol–water partition coefficient (Wildman–Crippen LogP) is 11.8. The Morgan fingerprint density at radius 2 is 0.904 bits per heavy atom. The fourth-order valence-corrected chi connectivity index (χ4v) is 7.85. The van der Waals surface area contributed by atoms with Crippen LogP contribution in [0.15, 0.2) is 109 Å². The summed E-state index contributed by atoms with van der Waals surface area (Å²) >= 11 is 0. The summed E-state index contributed by atoms with van der Waals surface area (Å²) in [4.78, 5) is 17.9. The number of benzene rings is 6. The van der Waals surface area contributed by atoms with Crippen molar-refractivity contribution in [2.75, 3.05) is 0 Å². The maximum Gasteiger partial charge on any atom is 0.189 e. The second-order valence-electron chi connectivity index (χ2n) is 14.1. The molecule has 0 fully saturated rings. The zero-order valence-electron chi connectivity index (χ0n) is 30.1. The Hall–Kier alpha value is -6.58. The number of aryl methyl sites for hydroxylation is 6. The van der Waals surface area contributed by atoms with Gasteiger partial charge in [-0.25, -0.2) is 19.8 Å². The highest BCUT2D eigenvalue weighted by Crippen LogP contribution is 2.43. The highest BCUT2D eigenvalue weighted by Gasteiger charge is 2.22. The zero-order chi connectivity index (χ0) is 35.8. The van der Waals surface area contributed by atoms with E-state index < -0.39 is 0 Å². The number of rotatable bonds is 4. The topological polar surface area (TPSA) is 52.9 Å². The van der Waals surface area contributed by atoms with Gasteiger partial charge < -0.3 is 9.13 Å². The standard InChI is InChI=1S/C46H36N6/c1-26-8-15-40-35(20-26)36-21-27(2)9-16-41(36)51(40)44-19-12-32(46-49-30(5)48-31(6)50-46)24-39(44)34-14-13-33(47-7)25-45(34)52-42-17-10-28(3)22-37(42)38-23-29(4)11-18-43(38)52/h8-25H,1-6H3. The highest BCUT2D eigenvalue weighted by molar-refractivity contribution is 6.12. The summed E-state index contributed by atoms with van der Waals surface area (Å²) in [5.41, 5.74) is 14.8. The fourth-order valence-electron chi connectivity index (χ4n) is 7.85. The first-order chi connectivity index (χ1) is 25.2. The molecule has 0 N–H and O–H groups in total. The van der Waals surface area contributed by atoms with Crippen LogP contribution in [0.25, 0.3) is 82.3 Å². The average Bonchev–Trinajstić information content (AvgIpc) is 3.61. The van der Waals surface area contributed by atoms with E-state index in [1.54, 1.807) is 0 Å². The minimum absolute atomic E-state index is 0.581. The molecule has 0 radical (unpaired) electrons. The van der Waals surface area contributed by atoms with Gasteiger partial charge in [0.05, 0.1) is 34.3 Å². The third-order valence-corrected chi connectivity index (χ3v) is 10.1. The lowest BCUT2D eigenvalue weighted by atomic mass is 9.97. The molecule has 52 heavy (non-hydrogen) atoms. The fraction of sp³-hybridized carbons (Fsp3) is 0.130. The first kappa shape index (κ1) is 31.4. The molecule has 0 aliphatic rings. The first-order valence-corrected chi connectivity index (χ1v) is 17.6. The van der Waals surface area contributed by atoms with Crippen LogP contribution in [0.4, 0.5) is 5.69 Å². The molecule has 0 bridgehead atoms. The van der Waals surface area contributed by atoms with E-state index in [1.807, 2.05) is 26.0 Å². The van der Waals surface area contributed by atoms with Gasteiger partial charge in [-0.15, -0.1) is 0 Å². The Balaban J connectivity index is 1.43. The molecule has 9 aromatic rings. The van der Waals surface area contributed by atoms with Gasteiger partial charge in [0.15, 0.2) is 11.5 Å². The normalized spacial score (nSPS) is 11.6. The van der Waals surface area contributed by atoms with Gasteiger partial charge in [0.1, 0.15) is 11.6 Å². The second kappa shape index (κ2) is 11.8. The lowest BCUT2D eigenvalue weighted by Crippen LogP contribution is -2.03. The molecule has 0 amide bonds. The van der Waals surface area contributed by atoms with Crippen LogP contribution in [0.3, 0.4) is 0 Å². The molecule has 0 aliphatic heterocycles. The summed E-state index contributed by atoms with van der Waals surface area (Å²) in [6.07, 6.45) is 0. The molecule has 3 aromatic heterocycles. The Bertz CT molecular complexity index is 2850. The molecule has 3 heterocycles. The van der Waals surface area contributed by atoms with Crippen LogP contribution >= 0.6 is 0 Å². The maximum atomic E-state index is 8.07. The van der Waals surface area contributed by atoms with Crippen molar-refractivity contribution >= 4 is 49.3 Å². The van der Waals surface area contributed by atoms with Crippen molar-refractivity contribution in [3.05, 3.63) is 155 Å². The molecule has 6 nitrogen and oxygen atoms in total. The molecular weight excluding hydrogens is 637 g/mol. The van der Waals surface area contributed by atoms with E-state index >= 15 is 0 Å². The number of nitrogens with zero attached hydrogens (tertiary/aromatic N) is 6. The van der Waals surface area contributed by atoms with E-state index in [9.17, 15) is 0 Å². The van der Waals surface area contributed by atoms with Crippen LogP contribution in [0.5, 0.6) is 0 Å². The third kappa shape index (κ3) is 4.97. The first-order valence-electron chi connectivity index (χ1n) is 17.6. The lowest BCUT2D eigenvalue weighted by molar-refractivity contribution is 0.928. The van der Waals surface area contributed by atoms with Crippen molar-refractivity contribution in [1.82, 2.24) is 24.1 Å². The van der Waals surface area contributed by atoms with Gasteiger partial charge in [-0.1, -0.05) is 58.7 Å². The van der Waals surface area contributed by atoms with Crippen LogP contribution in [0.2, 0.25) is 0 Å². The summed E-state index contributed by atoms with van der Waals surface area (Å²) in [6.45, 7) is 20.5. The lowest BCUT2D eigenvalue weighted by Gasteiger charge is -2.20.